The summed E-state index contributed by atoms with van der Waals surface area (Å²) >= 11 is 7.56. The smallest absolute Gasteiger partial charge is 0.152 e. The van der Waals surface area contributed by atoms with Crippen LogP contribution < -0.4 is 5.32 Å². The number of hydrogen-bond acceptors (Lipinski definition) is 4. The highest BCUT2D eigenvalue weighted by Crippen LogP contribution is 2.22. The number of aromatic nitrogens is 3. The molecule has 0 bridgehead atoms. The van der Waals surface area contributed by atoms with Gasteiger partial charge < -0.3 is 5.32 Å². The molecule has 0 aliphatic heterocycles. The van der Waals surface area contributed by atoms with Gasteiger partial charge in [0.2, 0.25) is 0 Å². The second kappa shape index (κ2) is 6.03. The van der Waals surface area contributed by atoms with Crippen molar-refractivity contribution in [2.75, 3.05) is 11.9 Å². The summed E-state index contributed by atoms with van der Waals surface area (Å²) in [5.41, 5.74) is 2.10. The van der Waals surface area contributed by atoms with Gasteiger partial charge in [-0.05, 0) is 30.5 Å². The number of rotatable bonds is 5. The molecular formula is C15H17ClN4S. The van der Waals surface area contributed by atoms with Gasteiger partial charge in [0.1, 0.15) is 5.52 Å². The fourth-order valence-electron chi connectivity index (χ4n) is 2.15. The van der Waals surface area contributed by atoms with Crippen molar-refractivity contribution in [2.45, 2.75) is 26.2 Å². The van der Waals surface area contributed by atoms with Gasteiger partial charge in [-0.15, -0.1) is 11.3 Å². The molecule has 110 valence electrons. The summed E-state index contributed by atoms with van der Waals surface area (Å²) in [5.74, 6) is 1.28. The first-order valence-corrected chi connectivity index (χ1v) is 8.15. The van der Waals surface area contributed by atoms with E-state index in [1.54, 1.807) is 17.5 Å². The maximum absolute atomic E-state index is 5.94. The van der Waals surface area contributed by atoms with E-state index in [-0.39, 0.29) is 0 Å². The third-order valence-corrected chi connectivity index (χ3v) is 4.58. The van der Waals surface area contributed by atoms with Crippen LogP contribution in [0.15, 0.2) is 30.6 Å². The summed E-state index contributed by atoms with van der Waals surface area (Å²) < 4.78 is 2.72. The zero-order valence-corrected chi connectivity index (χ0v) is 13.6. The predicted octanol–water partition coefficient (Wildman–Crippen LogP) is 4.22. The Balaban J connectivity index is 1.74. The van der Waals surface area contributed by atoms with Gasteiger partial charge in [-0.1, -0.05) is 25.4 Å². The van der Waals surface area contributed by atoms with Crippen molar-refractivity contribution in [1.82, 2.24) is 14.6 Å². The lowest BCUT2D eigenvalue weighted by Crippen LogP contribution is -2.06. The number of nitrogens with zero attached hydrogens (tertiary/aromatic N) is 3. The molecule has 0 amide bonds. The molecule has 0 aliphatic carbocycles. The normalized spacial score (nSPS) is 11.4. The molecule has 1 N–H and O–H groups in total. The van der Waals surface area contributed by atoms with E-state index in [1.807, 2.05) is 16.8 Å². The molecule has 0 fully saturated rings. The molecule has 0 atom stereocenters. The highest BCUT2D eigenvalue weighted by atomic mass is 35.5. The van der Waals surface area contributed by atoms with Crippen LogP contribution in [0.3, 0.4) is 0 Å². The maximum atomic E-state index is 5.94. The summed E-state index contributed by atoms with van der Waals surface area (Å²) in [4.78, 5) is 5.70. The standard InChI is InChI=1S/C15H17ClN4S/c1-10(2)12-9-13-15(18-7-8-20(13)19-12)17-6-5-11-3-4-14(16)21-11/h3-4,7-10H,5-6H2,1-2H3,(H,17,18). The Labute approximate surface area is 132 Å². The molecule has 3 aromatic rings. The van der Waals surface area contributed by atoms with Gasteiger partial charge in [0, 0.05) is 23.8 Å². The number of thiophene rings is 1. The minimum absolute atomic E-state index is 0.408. The molecule has 0 saturated carbocycles. The van der Waals surface area contributed by atoms with Gasteiger partial charge in [0.25, 0.3) is 0 Å². The van der Waals surface area contributed by atoms with Gasteiger partial charge in [-0.2, -0.15) is 5.10 Å². The molecule has 0 radical (unpaired) electrons. The van der Waals surface area contributed by atoms with E-state index in [2.05, 4.69) is 41.4 Å². The van der Waals surface area contributed by atoms with E-state index in [4.69, 9.17) is 11.6 Å². The molecule has 0 aromatic carbocycles. The number of fused-ring (bicyclic) bond motifs is 1. The van der Waals surface area contributed by atoms with Gasteiger partial charge in [-0.3, -0.25) is 0 Å². The average molecular weight is 321 g/mol. The summed E-state index contributed by atoms with van der Waals surface area (Å²) in [6.45, 7) is 5.11. The Morgan fingerprint density at radius 2 is 2.24 bits per heavy atom. The van der Waals surface area contributed by atoms with Crippen molar-refractivity contribution in [2.24, 2.45) is 0 Å². The van der Waals surface area contributed by atoms with Gasteiger partial charge in [-0.25, -0.2) is 9.50 Å². The fourth-order valence-corrected chi connectivity index (χ4v) is 3.24. The lowest BCUT2D eigenvalue weighted by Gasteiger charge is -2.05. The largest absolute Gasteiger partial charge is 0.368 e. The Morgan fingerprint density at radius 3 is 2.95 bits per heavy atom. The second-order valence-electron chi connectivity index (χ2n) is 5.21. The van der Waals surface area contributed by atoms with Crippen LogP contribution >= 0.6 is 22.9 Å². The molecule has 3 rings (SSSR count). The van der Waals surface area contributed by atoms with Crippen LogP contribution in [0.2, 0.25) is 4.34 Å². The number of halogens is 1. The molecule has 0 saturated heterocycles. The van der Waals surface area contributed by atoms with Crippen LogP contribution in [-0.2, 0) is 6.42 Å². The summed E-state index contributed by atoms with van der Waals surface area (Å²) in [6.07, 6.45) is 4.59. The minimum Gasteiger partial charge on any atom is -0.368 e. The van der Waals surface area contributed by atoms with Gasteiger partial charge in [0.15, 0.2) is 5.82 Å². The predicted molar refractivity (Wildman–Crippen MR) is 88.6 cm³/mol. The Hall–Kier alpha value is -1.59. The van der Waals surface area contributed by atoms with Crippen LogP contribution in [0.5, 0.6) is 0 Å². The fraction of sp³-hybridized carbons (Fsp3) is 0.333. The monoisotopic (exact) mass is 320 g/mol. The molecule has 0 aliphatic rings. The van der Waals surface area contributed by atoms with E-state index in [9.17, 15) is 0 Å². The molecule has 0 spiro atoms. The zero-order chi connectivity index (χ0) is 14.8. The number of nitrogens with one attached hydrogen (secondary N) is 1. The first kappa shape index (κ1) is 14.4. The van der Waals surface area contributed by atoms with E-state index in [0.717, 1.165) is 34.3 Å². The van der Waals surface area contributed by atoms with Crippen LogP contribution in [-0.4, -0.2) is 21.1 Å². The molecule has 21 heavy (non-hydrogen) atoms. The second-order valence-corrected chi connectivity index (χ2v) is 7.01. The van der Waals surface area contributed by atoms with Crippen molar-refractivity contribution in [3.8, 4) is 0 Å². The Kier molecular flexibility index (Phi) is 4.12. The molecule has 6 heteroatoms. The van der Waals surface area contributed by atoms with E-state index in [0.29, 0.717) is 5.92 Å². The van der Waals surface area contributed by atoms with Crippen molar-refractivity contribution in [3.05, 3.63) is 45.5 Å². The van der Waals surface area contributed by atoms with E-state index in [1.165, 1.54) is 4.88 Å². The summed E-state index contributed by atoms with van der Waals surface area (Å²) in [7, 11) is 0. The van der Waals surface area contributed by atoms with Crippen molar-refractivity contribution >= 4 is 34.3 Å². The maximum Gasteiger partial charge on any atom is 0.152 e. The number of hydrogen-bond donors (Lipinski definition) is 1. The highest BCUT2D eigenvalue weighted by molar-refractivity contribution is 7.16. The highest BCUT2D eigenvalue weighted by Gasteiger charge is 2.09. The van der Waals surface area contributed by atoms with Gasteiger partial charge in [0.05, 0.1) is 10.0 Å². The van der Waals surface area contributed by atoms with E-state index >= 15 is 0 Å². The van der Waals surface area contributed by atoms with Crippen LogP contribution in [0.1, 0.15) is 30.3 Å². The average Bonchev–Trinajstić information content (AvgIpc) is 3.05. The summed E-state index contributed by atoms with van der Waals surface area (Å²) in [6, 6.07) is 6.10. The lowest BCUT2D eigenvalue weighted by atomic mass is 10.1. The molecule has 3 heterocycles. The zero-order valence-electron chi connectivity index (χ0n) is 12.0. The third kappa shape index (κ3) is 3.19. The molecule has 0 unspecified atom stereocenters. The summed E-state index contributed by atoms with van der Waals surface area (Å²) in [5, 5.41) is 7.95. The Morgan fingerprint density at radius 1 is 1.38 bits per heavy atom. The van der Waals surface area contributed by atoms with Crippen molar-refractivity contribution in [3.63, 3.8) is 0 Å². The van der Waals surface area contributed by atoms with Crippen LogP contribution in [0.4, 0.5) is 5.82 Å². The molecular weight excluding hydrogens is 304 g/mol. The molecule has 4 nitrogen and oxygen atoms in total. The lowest BCUT2D eigenvalue weighted by molar-refractivity contribution is 0.787. The first-order valence-electron chi connectivity index (χ1n) is 6.96. The van der Waals surface area contributed by atoms with Crippen LogP contribution in [0.25, 0.3) is 5.52 Å². The third-order valence-electron chi connectivity index (χ3n) is 3.29. The van der Waals surface area contributed by atoms with Crippen LogP contribution in [0, 0.1) is 0 Å². The van der Waals surface area contributed by atoms with E-state index < -0.39 is 0 Å². The van der Waals surface area contributed by atoms with Gasteiger partial charge >= 0.3 is 0 Å². The molecule has 3 aromatic heterocycles. The SMILES string of the molecule is CC(C)c1cc2c(NCCc3ccc(Cl)s3)nccn2n1. The first-order chi connectivity index (χ1) is 10.1. The topological polar surface area (TPSA) is 42.2 Å². The minimum atomic E-state index is 0.408. The van der Waals surface area contributed by atoms with Crippen molar-refractivity contribution in [1.29, 1.82) is 0 Å². The van der Waals surface area contributed by atoms with Crippen molar-refractivity contribution < 1.29 is 0 Å². The quantitative estimate of drug-likeness (QED) is 0.765. The number of anilines is 1. The Bertz CT molecular complexity index is 747.